The number of likely N-dealkylation sites (N-methyl/N-ethyl adjacent to an activating group) is 3. The third-order valence-corrected chi connectivity index (χ3v) is 10.4. The number of ether oxygens (including phenoxy) is 3. The van der Waals surface area contributed by atoms with Gasteiger partial charge in [0, 0.05) is 40.4 Å². The van der Waals surface area contributed by atoms with Crippen molar-refractivity contribution in [3.63, 3.8) is 0 Å². The molecule has 298 valence electrons. The number of fused-ring (bicyclic) bond motifs is 2. The average Bonchev–Trinajstić information content (AvgIpc) is 3.19. The molecule has 1 fully saturated rings. The molecule has 1 saturated heterocycles. The summed E-state index contributed by atoms with van der Waals surface area (Å²) in [6.07, 6.45) is 0.139. The van der Waals surface area contributed by atoms with Crippen LogP contribution in [0.3, 0.4) is 0 Å². The van der Waals surface area contributed by atoms with E-state index in [-0.39, 0.29) is 19.3 Å². The summed E-state index contributed by atoms with van der Waals surface area (Å²) in [5, 5.41) is 8.14. The number of rotatable bonds is 4. The fourth-order valence-corrected chi connectivity index (χ4v) is 6.83. The summed E-state index contributed by atoms with van der Waals surface area (Å²) < 4.78 is 17.0. The molecule has 6 amide bonds. The second kappa shape index (κ2) is 17.6. The first-order valence-corrected chi connectivity index (χ1v) is 18.4. The van der Waals surface area contributed by atoms with Gasteiger partial charge in [-0.15, -0.1) is 0 Å². The molecule has 0 aromatic heterocycles. The third kappa shape index (κ3) is 9.21. The lowest BCUT2D eigenvalue weighted by Gasteiger charge is -2.36. The van der Waals surface area contributed by atoms with E-state index >= 15 is 0 Å². The van der Waals surface area contributed by atoms with E-state index in [1.165, 1.54) is 70.8 Å². The predicted octanol–water partition coefficient (Wildman–Crippen LogP) is 1.85. The van der Waals surface area contributed by atoms with Crippen molar-refractivity contribution in [1.82, 2.24) is 30.7 Å². The number of nitrogens with one attached hydrogen (secondary N) is 3. The Morgan fingerprint density at radius 1 is 0.607 bits per heavy atom. The topological polar surface area (TPSA) is 176 Å². The Bertz CT molecular complexity index is 1950. The fourth-order valence-electron chi connectivity index (χ4n) is 6.83. The minimum atomic E-state index is -1.16. The molecule has 3 aliphatic heterocycles. The van der Waals surface area contributed by atoms with Crippen LogP contribution in [-0.4, -0.2) is 122 Å². The molecule has 6 atom stereocenters. The minimum absolute atomic E-state index is 0.00641. The van der Waals surface area contributed by atoms with Crippen molar-refractivity contribution in [3.05, 3.63) is 83.4 Å². The maximum atomic E-state index is 14.7. The monoisotopic (exact) mass is 770 g/mol. The van der Waals surface area contributed by atoms with Gasteiger partial charge in [-0.2, -0.15) is 0 Å². The van der Waals surface area contributed by atoms with Crippen LogP contribution in [0.5, 0.6) is 23.0 Å². The lowest BCUT2D eigenvalue weighted by molar-refractivity contribution is -0.149. The van der Waals surface area contributed by atoms with Crippen LogP contribution >= 0.6 is 0 Å². The van der Waals surface area contributed by atoms with Crippen LogP contribution in [0.25, 0.3) is 0 Å². The SMILES string of the molecule is COc1ccc(C[C@H]2C(=O)N[C@H](C)C(=O)N(C)[C@H]3Cc4ccc(cc4)Oc4cc(ccc4OC)C[C@@H](C(=O)N[C@H](C)C(=O)N[C@@H](C)C(=O)N2C)N(C)C3=O)cc1. The van der Waals surface area contributed by atoms with Crippen molar-refractivity contribution in [2.24, 2.45) is 0 Å². The Kier molecular flexibility index (Phi) is 12.9. The van der Waals surface area contributed by atoms with Crippen molar-refractivity contribution >= 4 is 35.4 Å². The molecule has 0 unspecified atom stereocenters. The van der Waals surface area contributed by atoms with E-state index in [0.29, 0.717) is 39.7 Å². The zero-order valence-corrected chi connectivity index (χ0v) is 33.0. The van der Waals surface area contributed by atoms with E-state index in [1.807, 2.05) is 0 Å². The molecule has 15 heteroatoms. The summed E-state index contributed by atoms with van der Waals surface area (Å²) in [4.78, 5) is 88.2. The fraction of sp³-hybridized carbons (Fsp3) is 0.415. The van der Waals surface area contributed by atoms with Crippen molar-refractivity contribution in [1.29, 1.82) is 0 Å². The highest BCUT2D eigenvalue weighted by atomic mass is 16.5. The second-order valence-electron chi connectivity index (χ2n) is 14.3. The van der Waals surface area contributed by atoms with Gasteiger partial charge >= 0.3 is 0 Å². The van der Waals surface area contributed by atoms with Gasteiger partial charge in [-0.25, -0.2) is 0 Å². The van der Waals surface area contributed by atoms with Crippen LogP contribution in [0.4, 0.5) is 0 Å². The molecule has 6 rings (SSSR count). The number of amides is 6. The van der Waals surface area contributed by atoms with Crippen LogP contribution in [0.1, 0.15) is 37.5 Å². The summed E-state index contributed by atoms with van der Waals surface area (Å²) in [5.41, 5.74) is 2.03. The number of benzene rings is 3. The quantitative estimate of drug-likeness (QED) is 0.358. The zero-order chi connectivity index (χ0) is 40.8. The lowest BCUT2D eigenvalue weighted by Crippen LogP contribution is -2.61. The molecular weight excluding hydrogens is 720 g/mol. The summed E-state index contributed by atoms with van der Waals surface area (Å²) in [6.45, 7) is 4.46. The highest BCUT2D eigenvalue weighted by Gasteiger charge is 2.39. The van der Waals surface area contributed by atoms with E-state index < -0.39 is 71.7 Å². The van der Waals surface area contributed by atoms with Crippen molar-refractivity contribution in [3.8, 4) is 23.0 Å². The van der Waals surface area contributed by atoms with Gasteiger partial charge in [-0.1, -0.05) is 30.3 Å². The highest BCUT2D eigenvalue weighted by molar-refractivity contribution is 5.98. The summed E-state index contributed by atoms with van der Waals surface area (Å²) in [6, 6.07) is 12.5. The molecule has 3 aromatic rings. The Hall–Kier alpha value is -6.12. The molecule has 3 N–H and O–H groups in total. The number of carbonyl (C=O) groups excluding carboxylic acids is 6. The van der Waals surface area contributed by atoms with Gasteiger partial charge in [-0.05, 0) is 73.9 Å². The standard InChI is InChI=1S/C41H50N6O9/c1-23-36(48)43-24(2)39(51)45(4)31(19-26-9-14-29(54-7)15-10-26)38(50)44-25(3)40(52)47(6)33-20-27-11-16-30(17-12-27)56-35-22-28(13-18-34(35)55-8)21-32(37(49)42-23)46(5)41(33)53/h9-18,22-25,31-33H,19-21H2,1-8H3,(H,42,49)(H,43,48)(H,44,50)/t23-,24+,25-,31+,32+,33+/m1/s1. The summed E-state index contributed by atoms with van der Waals surface area (Å²) >= 11 is 0. The first-order chi connectivity index (χ1) is 26.6. The van der Waals surface area contributed by atoms with E-state index in [4.69, 9.17) is 14.2 Å². The maximum Gasteiger partial charge on any atom is 0.246 e. The molecule has 0 spiro atoms. The van der Waals surface area contributed by atoms with E-state index in [9.17, 15) is 28.8 Å². The molecule has 0 aliphatic carbocycles. The Morgan fingerprint density at radius 2 is 1.16 bits per heavy atom. The molecule has 0 saturated carbocycles. The van der Waals surface area contributed by atoms with Gasteiger partial charge < -0.3 is 44.9 Å². The van der Waals surface area contributed by atoms with Crippen LogP contribution < -0.4 is 30.2 Å². The first-order valence-electron chi connectivity index (χ1n) is 18.4. The molecule has 0 radical (unpaired) electrons. The van der Waals surface area contributed by atoms with Crippen LogP contribution in [0.15, 0.2) is 66.7 Å². The smallest absolute Gasteiger partial charge is 0.246 e. The molecule has 3 aliphatic rings. The highest BCUT2D eigenvalue weighted by Crippen LogP contribution is 2.34. The lowest BCUT2D eigenvalue weighted by atomic mass is 9.98. The normalized spacial score (nSPS) is 24.3. The second-order valence-corrected chi connectivity index (χ2v) is 14.3. The Labute approximate surface area is 326 Å². The number of hydrogen-bond acceptors (Lipinski definition) is 9. The van der Waals surface area contributed by atoms with Gasteiger partial charge in [0.05, 0.1) is 14.2 Å². The Morgan fingerprint density at radius 3 is 1.79 bits per heavy atom. The molecule has 15 nitrogen and oxygen atoms in total. The van der Waals surface area contributed by atoms with Crippen molar-refractivity contribution in [2.45, 2.75) is 76.3 Å². The summed E-state index contributed by atoms with van der Waals surface area (Å²) in [5.74, 6) is -1.63. The number of nitrogens with zero attached hydrogens (tertiary/aromatic N) is 3. The molecule has 3 aromatic carbocycles. The largest absolute Gasteiger partial charge is 0.497 e. The maximum absolute atomic E-state index is 14.7. The van der Waals surface area contributed by atoms with Gasteiger partial charge in [0.25, 0.3) is 0 Å². The van der Waals surface area contributed by atoms with E-state index in [1.54, 1.807) is 66.7 Å². The van der Waals surface area contributed by atoms with Gasteiger partial charge in [0.15, 0.2) is 11.5 Å². The average molecular weight is 771 g/mol. The van der Waals surface area contributed by atoms with Crippen LogP contribution in [0, 0.1) is 0 Å². The number of hydrogen-bond donors (Lipinski definition) is 3. The Balaban J connectivity index is 1.57. The molecule has 6 bridgehead atoms. The number of carbonyl (C=O) groups is 6. The predicted molar refractivity (Wildman–Crippen MR) is 206 cm³/mol. The molecule has 56 heavy (non-hydrogen) atoms. The number of methoxy groups -OCH3 is 2. The van der Waals surface area contributed by atoms with Crippen molar-refractivity contribution < 1.29 is 43.0 Å². The molecular formula is C41H50N6O9. The first kappa shape index (κ1) is 41.1. The van der Waals surface area contributed by atoms with Crippen molar-refractivity contribution in [2.75, 3.05) is 35.4 Å². The molecule has 3 heterocycles. The van der Waals surface area contributed by atoms with Gasteiger partial charge in [-0.3, -0.25) is 28.8 Å². The van der Waals surface area contributed by atoms with Gasteiger partial charge in [0.2, 0.25) is 35.4 Å². The zero-order valence-electron chi connectivity index (χ0n) is 33.0. The van der Waals surface area contributed by atoms with E-state index in [2.05, 4.69) is 16.0 Å². The van der Waals surface area contributed by atoms with Crippen LogP contribution in [-0.2, 0) is 48.0 Å². The summed E-state index contributed by atoms with van der Waals surface area (Å²) in [7, 11) is 7.45. The van der Waals surface area contributed by atoms with Gasteiger partial charge in [0.1, 0.15) is 47.8 Å². The van der Waals surface area contributed by atoms with Crippen LogP contribution in [0.2, 0.25) is 0 Å². The minimum Gasteiger partial charge on any atom is -0.497 e. The van der Waals surface area contributed by atoms with E-state index in [0.717, 1.165) is 0 Å². The third-order valence-electron chi connectivity index (χ3n) is 10.4.